The van der Waals surface area contributed by atoms with Crippen LogP contribution in [0.15, 0.2) is 0 Å². The van der Waals surface area contributed by atoms with E-state index >= 15 is 0 Å². The third-order valence-electron chi connectivity index (χ3n) is 3.21. The molecule has 0 N–H and O–H groups in total. The number of hydrogen-bond acceptors (Lipinski definition) is 4. The van der Waals surface area contributed by atoms with Crippen molar-refractivity contribution in [3.05, 3.63) is 0 Å². The van der Waals surface area contributed by atoms with E-state index in [-0.39, 0.29) is 11.9 Å². The molecule has 22 heavy (non-hydrogen) atoms. The van der Waals surface area contributed by atoms with Gasteiger partial charge in [0.15, 0.2) is 0 Å². The monoisotopic (exact) mass is 379 g/mol. The molecule has 0 aliphatic heterocycles. The molecule has 0 heterocycles. The van der Waals surface area contributed by atoms with Gasteiger partial charge in [-0.15, -0.1) is 0 Å². The zero-order chi connectivity index (χ0) is 17.3. The lowest BCUT2D eigenvalue weighted by Crippen LogP contribution is -2.51. The summed E-state index contributed by atoms with van der Waals surface area (Å²) in [4.78, 5) is 26.4. The van der Waals surface area contributed by atoms with Crippen LogP contribution in [0.4, 0.5) is 4.79 Å². The lowest BCUT2D eigenvalue weighted by Gasteiger charge is -2.35. The predicted molar refractivity (Wildman–Crippen MR) is 91.2 cm³/mol. The molecule has 130 valence electrons. The number of ether oxygens (including phenoxy) is 2. The second-order valence-corrected chi connectivity index (χ2v) is 7.09. The Hall–Kier alpha value is -0.780. The van der Waals surface area contributed by atoms with Gasteiger partial charge in [0, 0.05) is 11.9 Å². The summed E-state index contributed by atoms with van der Waals surface area (Å²) in [5, 5.41) is 0.752. The molecule has 0 aliphatic carbocycles. The number of carbonyl (C=O) groups excluding carboxylic acids is 2. The molecule has 0 saturated heterocycles. The topological polar surface area (TPSA) is 55.8 Å². The Kier molecular flexibility index (Phi) is 9.72. The molecule has 0 aromatic heterocycles. The van der Waals surface area contributed by atoms with Crippen LogP contribution in [0.1, 0.15) is 54.4 Å². The average Bonchev–Trinajstić information content (AvgIpc) is 2.40. The minimum atomic E-state index is -0.612. The number of halogens is 1. The van der Waals surface area contributed by atoms with Crippen molar-refractivity contribution in [2.24, 2.45) is 5.92 Å². The molecule has 1 amide bonds. The van der Waals surface area contributed by atoms with Gasteiger partial charge in [0.1, 0.15) is 11.6 Å². The molecule has 5 nitrogen and oxygen atoms in total. The highest BCUT2D eigenvalue weighted by Crippen LogP contribution is 2.20. The maximum Gasteiger partial charge on any atom is 0.411 e. The molecule has 0 aromatic rings. The van der Waals surface area contributed by atoms with Crippen molar-refractivity contribution in [1.29, 1.82) is 0 Å². The Morgan fingerprint density at radius 3 is 2.23 bits per heavy atom. The van der Waals surface area contributed by atoms with E-state index in [1.165, 1.54) is 4.90 Å². The van der Waals surface area contributed by atoms with Gasteiger partial charge in [-0.05, 0) is 40.0 Å². The van der Waals surface area contributed by atoms with Gasteiger partial charge in [-0.3, -0.25) is 4.90 Å². The summed E-state index contributed by atoms with van der Waals surface area (Å²) in [6.45, 7) is 11.9. The second kappa shape index (κ2) is 10.1. The van der Waals surface area contributed by atoms with E-state index in [0.717, 1.165) is 18.2 Å². The first-order valence-electron chi connectivity index (χ1n) is 7.90. The molecule has 0 fully saturated rings. The fourth-order valence-electron chi connectivity index (χ4n) is 2.01. The van der Waals surface area contributed by atoms with E-state index in [0.29, 0.717) is 13.2 Å². The molecule has 0 bridgehead atoms. The molecule has 0 rings (SSSR count). The predicted octanol–water partition coefficient (Wildman–Crippen LogP) is 3.99. The molecule has 0 unspecified atom stereocenters. The van der Waals surface area contributed by atoms with Crippen molar-refractivity contribution in [2.75, 3.05) is 18.5 Å². The molecule has 2 atom stereocenters. The summed E-state index contributed by atoms with van der Waals surface area (Å²) in [7, 11) is 0. The van der Waals surface area contributed by atoms with Crippen molar-refractivity contribution in [1.82, 2.24) is 4.90 Å². The van der Waals surface area contributed by atoms with E-state index < -0.39 is 17.7 Å². The fourth-order valence-corrected chi connectivity index (χ4v) is 2.26. The van der Waals surface area contributed by atoms with Crippen molar-refractivity contribution in [3.8, 4) is 0 Å². The van der Waals surface area contributed by atoms with Gasteiger partial charge >= 0.3 is 12.1 Å². The van der Waals surface area contributed by atoms with E-state index in [9.17, 15) is 9.59 Å². The van der Waals surface area contributed by atoms with Gasteiger partial charge in [-0.1, -0.05) is 36.2 Å². The number of amides is 1. The number of hydrogen-bond donors (Lipinski definition) is 0. The van der Waals surface area contributed by atoms with Crippen LogP contribution in [0.25, 0.3) is 0 Å². The number of esters is 1. The maximum absolute atomic E-state index is 12.5. The van der Waals surface area contributed by atoms with Gasteiger partial charge in [0.2, 0.25) is 0 Å². The molecule has 0 radical (unpaired) electrons. The molecular formula is C16H30BrNO4. The van der Waals surface area contributed by atoms with Crippen LogP contribution in [0.2, 0.25) is 0 Å². The molecule has 0 saturated carbocycles. The van der Waals surface area contributed by atoms with Crippen molar-refractivity contribution >= 4 is 28.0 Å². The van der Waals surface area contributed by atoms with Crippen LogP contribution in [0, 0.1) is 5.92 Å². The number of nitrogens with zero attached hydrogens (tertiary/aromatic N) is 1. The molecule has 0 aliphatic rings. The van der Waals surface area contributed by atoms with Gasteiger partial charge in [0.05, 0.1) is 6.61 Å². The summed E-state index contributed by atoms with van der Waals surface area (Å²) < 4.78 is 10.6. The van der Waals surface area contributed by atoms with Gasteiger partial charge in [-0.25, -0.2) is 9.59 Å². The number of carbonyl (C=O) groups is 2. The molecular weight excluding hydrogens is 350 g/mol. The van der Waals surface area contributed by atoms with E-state index in [4.69, 9.17) is 9.47 Å². The van der Waals surface area contributed by atoms with Gasteiger partial charge in [-0.2, -0.15) is 0 Å². The zero-order valence-electron chi connectivity index (χ0n) is 14.6. The summed E-state index contributed by atoms with van der Waals surface area (Å²) >= 11 is 3.36. The van der Waals surface area contributed by atoms with Crippen LogP contribution in [0.3, 0.4) is 0 Å². The van der Waals surface area contributed by atoms with Crippen LogP contribution in [0.5, 0.6) is 0 Å². The Morgan fingerprint density at radius 2 is 1.82 bits per heavy atom. The smallest absolute Gasteiger partial charge is 0.411 e. The fraction of sp³-hybridized carbons (Fsp3) is 0.875. The second-order valence-electron chi connectivity index (χ2n) is 6.30. The summed E-state index contributed by atoms with van der Waals surface area (Å²) in [5.74, 6) is -0.362. The number of rotatable bonds is 8. The van der Waals surface area contributed by atoms with Gasteiger partial charge in [0.25, 0.3) is 0 Å². The van der Waals surface area contributed by atoms with Crippen molar-refractivity contribution in [2.45, 2.75) is 66.0 Å². The molecule has 0 spiro atoms. The average molecular weight is 380 g/mol. The lowest BCUT2D eigenvalue weighted by atomic mass is 9.97. The summed E-state index contributed by atoms with van der Waals surface area (Å²) in [6.07, 6.45) is 1.05. The van der Waals surface area contributed by atoms with E-state index in [1.807, 2.05) is 34.6 Å². The first kappa shape index (κ1) is 21.2. The highest BCUT2D eigenvalue weighted by molar-refractivity contribution is 9.09. The Morgan fingerprint density at radius 1 is 1.23 bits per heavy atom. The minimum Gasteiger partial charge on any atom is -0.464 e. The van der Waals surface area contributed by atoms with Crippen molar-refractivity contribution < 1.29 is 19.1 Å². The lowest BCUT2D eigenvalue weighted by molar-refractivity contribution is -0.151. The first-order valence-corrected chi connectivity index (χ1v) is 9.02. The SMILES string of the molecule is CCOC(=O)[C@H]([C@@H](C)CC)N(CCCBr)C(=O)OC(C)(C)C. The van der Waals surface area contributed by atoms with E-state index in [2.05, 4.69) is 15.9 Å². The van der Waals surface area contributed by atoms with Crippen molar-refractivity contribution in [3.63, 3.8) is 0 Å². The highest BCUT2D eigenvalue weighted by atomic mass is 79.9. The normalized spacial score (nSPS) is 14.1. The summed E-state index contributed by atoms with van der Waals surface area (Å²) in [6, 6.07) is -0.612. The standard InChI is InChI=1S/C16H30BrNO4/c1-7-12(3)13(14(19)21-8-2)18(11-9-10-17)15(20)22-16(4,5)6/h12-13H,7-11H2,1-6H3/t12-,13-/m0/s1. The quantitative estimate of drug-likeness (QED) is 0.472. The minimum absolute atomic E-state index is 0.00175. The first-order chi connectivity index (χ1) is 10.2. The molecule has 6 heteroatoms. The Bertz CT molecular complexity index is 355. The van der Waals surface area contributed by atoms with Crippen LogP contribution in [-0.4, -0.2) is 47.1 Å². The Labute approximate surface area is 142 Å². The third-order valence-corrected chi connectivity index (χ3v) is 3.77. The summed E-state index contributed by atoms with van der Waals surface area (Å²) in [5.41, 5.74) is -0.599. The van der Waals surface area contributed by atoms with E-state index in [1.54, 1.807) is 6.92 Å². The maximum atomic E-state index is 12.5. The van der Waals surface area contributed by atoms with Crippen LogP contribution >= 0.6 is 15.9 Å². The van der Waals surface area contributed by atoms with Gasteiger partial charge < -0.3 is 9.47 Å². The highest BCUT2D eigenvalue weighted by Gasteiger charge is 2.36. The van der Waals surface area contributed by atoms with Crippen LogP contribution < -0.4 is 0 Å². The Balaban J connectivity index is 5.36. The van der Waals surface area contributed by atoms with Crippen LogP contribution in [-0.2, 0) is 14.3 Å². The molecule has 0 aromatic carbocycles. The zero-order valence-corrected chi connectivity index (χ0v) is 16.2. The largest absolute Gasteiger partial charge is 0.464 e. The third kappa shape index (κ3) is 7.47. The number of alkyl halides is 1.